The monoisotopic (exact) mass is 327 g/mol. The molecule has 1 aliphatic heterocycles. The smallest absolute Gasteiger partial charge is 0.410 e. The lowest BCUT2D eigenvalue weighted by atomic mass is 9.63. The van der Waals surface area contributed by atoms with Gasteiger partial charge in [-0.15, -0.1) is 0 Å². The van der Waals surface area contributed by atoms with Crippen LogP contribution in [0.3, 0.4) is 0 Å². The van der Waals surface area contributed by atoms with Gasteiger partial charge in [-0.3, -0.25) is 0 Å². The topological polar surface area (TPSA) is 70.0 Å². The lowest BCUT2D eigenvalue weighted by Crippen LogP contribution is -2.70. The van der Waals surface area contributed by atoms with Crippen molar-refractivity contribution in [1.82, 2.24) is 4.90 Å². The van der Waals surface area contributed by atoms with Gasteiger partial charge in [0.1, 0.15) is 5.60 Å². The van der Waals surface area contributed by atoms with E-state index in [0.717, 1.165) is 19.3 Å². The van der Waals surface area contributed by atoms with Crippen molar-refractivity contribution in [3.8, 4) is 0 Å². The number of carbonyl (C=O) groups is 1. The second-order valence-electron chi connectivity index (χ2n) is 9.32. The Kier molecular flexibility index (Phi) is 4.77. The fourth-order valence-corrected chi connectivity index (χ4v) is 3.87. The second kappa shape index (κ2) is 5.92. The Hall–Kier alpha value is -0.810. The van der Waals surface area contributed by atoms with Gasteiger partial charge in [0.25, 0.3) is 0 Å². The normalized spacial score (nSPS) is 30.3. The van der Waals surface area contributed by atoms with Crippen LogP contribution in [0.25, 0.3) is 0 Å². The molecule has 0 bridgehead atoms. The van der Waals surface area contributed by atoms with Crippen LogP contribution in [-0.4, -0.2) is 52.1 Å². The number of hydrogen-bond acceptors (Lipinski definition) is 4. The molecule has 0 radical (unpaired) electrons. The number of aliphatic hydroxyl groups excluding tert-OH is 1. The molecule has 1 aliphatic carbocycles. The third-order valence-electron chi connectivity index (χ3n) is 5.59. The summed E-state index contributed by atoms with van der Waals surface area (Å²) in [7, 11) is 0. The molecule has 23 heavy (non-hydrogen) atoms. The summed E-state index contributed by atoms with van der Waals surface area (Å²) < 4.78 is 5.38. The number of likely N-dealkylation sites (tertiary alicyclic amines) is 1. The molecule has 0 aromatic heterocycles. The Balaban J connectivity index is 2.05. The van der Waals surface area contributed by atoms with Crippen LogP contribution in [0, 0.1) is 10.8 Å². The average molecular weight is 327 g/mol. The average Bonchev–Trinajstić information content (AvgIpc) is 2.46. The maximum absolute atomic E-state index is 12.1. The first-order valence-corrected chi connectivity index (χ1v) is 8.73. The van der Waals surface area contributed by atoms with Crippen molar-refractivity contribution in [2.24, 2.45) is 10.8 Å². The SMILES string of the molecule is CC1(C)CCCC(O)(C2(CO)CN(C(=O)OC(C)(C)C)C2)CC1. The summed E-state index contributed by atoms with van der Waals surface area (Å²) in [5.41, 5.74) is -1.80. The van der Waals surface area contributed by atoms with Crippen LogP contribution in [-0.2, 0) is 4.74 Å². The van der Waals surface area contributed by atoms with Crippen LogP contribution in [0.2, 0.25) is 0 Å². The van der Waals surface area contributed by atoms with E-state index in [0.29, 0.717) is 25.9 Å². The van der Waals surface area contributed by atoms with Gasteiger partial charge in [0.05, 0.1) is 17.6 Å². The van der Waals surface area contributed by atoms with Crippen LogP contribution in [0.4, 0.5) is 4.79 Å². The lowest BCUT2D eigenvalue weighted by molar-refractivity contribution is -0.183. The summed E-state index contributed by atoms with van der Waals surface area (Å²) >= 11 is 0. The standard InChI is InChI=1S/C18H33NO4/c1-15(2,3)23-14(21)19-11-17(12-19,13-20)18(22)8-6-7-16(4,5)9-10-18/h20,22H,6-13H2,1-5H3. The Bertz CT molecular complexity index is 448. The maximum atomic E-state index is 12.1. The van der Waals surface area contributed by atoms with Crippen molar-refractivity contribution < 1.29 is 19.7 Å². The van der Waals surface area contributed by atoms with E-state index in [-0.39, 0.29) is 18.1 Å². The first-order chi connectivity index (χ1) is 10.4. The second-order valence-corrected chi connectivity index (χ2v) is 9.32. The summed E-state index contributed by atoms with van der Waals surface area (Å²) in [6, 6.07) is 0. The highest BCUT2D eigenvalue weighted by Crippen LogP contribution is 2.50. The number of carbonyl (C=O) groups excluding carboxylic acids is 1. The van der Waals surface area contributed by atoms with Crippen molar-refractivity contribution in [2.45, 2.75) is 77.9 Å². The molecule has 1 unspecified atom stereocenters. The van der Waals surface area contributed by atoms with Crippen LogP contribution < -0.4 is 0 Å². The molecule has 2 N–H and O–H groups in total. The largest absolute Gasteiger partial charge is 0.444 e. The van der Waals surface area contributed by atoms with Gasteiger partial charge in [0, 0.05) is 13.1 Å². The minimum Gasteiger partial charge on any atom is -0.444 e. The molecule has 1 saturated heterocycles. The quantitative estimate of drug-likeness (QED) is 0.765. The van der Waals surface area contributed by atoms with Gasteiger partial charge in [-0.05, 0) is 51.9 Å². The van der Waals surface area contributed by atoms with Crippen LogP contribution in [0.15, 0.2) is 0 Å². The highest BCUT2D eigenvalue weighted by atomic mass is 16.6. The molecule has 0 aromatic carbocycles. The molecule has 5 nitrogen and oxygen atoms in total. The highest BCUT2D eigenvalue weighted by molar-refractivity contribution is 5.69. The first kappa shape index (κ1) is 18.5. The summed E-state index contributed by atoms with van der Waals surface area (Å²) in [6.07, 6.45) is 4.00. The molecular weight excluding hydrogens is 294 g/mol. The molecule has 0 spiro atoms. The number of aliphatic hydroxyl groups is 2. The van der Waals surface area contributed by atoms with E-state index < -0.39 is 16.6 Å². The highest BCUT2D eigenvalue weighted by Gasteiger charge is 2.59. The van der Waals surface area contributed by atoms with Crippen LogP contribution in [0.5, 0.6) is 0 Å². The number of nitrogens with zero attached hydrogens (tertiary/aromatic N) is 1. The molecule has 0 aromatic rings. The minimum atomic E-state index is -0.895. The number of hydrogen-bond donors (Lipinski definition) is 2. The minimum absolute atomic E-state index is 0.0940. The fourth-order valence-electron chi connectivity index (χ4n) is 3.87. The zero-order valence-electron chi connectivity index (χ0n) is 15.3. The van der Waals surface area contributed by atoms with Crippen molar-refractivity contribution in [2.75, 3.05) is 19.7 Å². The molecule has 1 atom stereocenters. The van der Waals surface area contributed by atoms with Crippen molar-refractivity contribution in [3.05, 3.63) is 0 Å². The summed E-state index contributed by atoms with van der Waals surface area (Å²) in [6.45, 7) is 10.6. The molecule has 2 rings (SSSR count). The van der Waals surface area contributed by atoms with E-state index in [1.54, 1.807) is 4.90 Å². The summed E-state index contributed by atoms with van der Waals surface area (Å²) in [5, 5.41) is 21.2. The third kappa shape index (κ3) is 3.82. The van der Waals surface area contributed by atoms with Crippen LogP contribution in [0.1, 0.15) is 66.7 Å². The summed E-state index contributed by atoms with van der Waals surface area (Å²) in [5.74, 6) is 0. The van der Waals surface area contributed by atoms with Crippen molar-refractivity contribution in [1.29, 1.82) is 0 Å². The van der Waals surface area contributed by atoms with E-state index >= 15 is 0 Å². The van der Waals surface area contributed by atoms with Crippen LogP contribution >= 0.6 is 0 Å². The van der Waals surface area contributed by atoms with Gasteiger partial charge >= 0.3 is 6.09 Å². The summed E-state index contributed by atoms with van der Waals surface area (Å²) in [4.78, 5) is 13.7. The van der Waals surface area contributed by atoms with Gasteiger partial charge in [-0.2, -0.15) is 0 Å². The molecular formula is C18H33NO4. The number of rotatable bonds is 2. The van der Waals surface area contributed by atoms with E-state index in [9.17, 15) is 15.0 Å². The van der Waals surface area contributed by atoms with E-state index in [1.165, 1.54) is 0 Å². The fraction of sp³-hybridized carbons (Fsp3) is 0.944. The molecule has 5 heteroatoms. The first-order valence-electron chi connectivity index (χ1n) is 8.73. The molecule has 2 aliphatic rings. The van der Waals surface area contributed by atoms with E-state index in [4.69, 9.17) is 4.74 Å². The number of amides is 1. The number of ether oxygens (including phenoxy) is 1. The molecule has 1 amide bonds. The van der Waals surface area contributed by atoms with Gasteiger partial charge < -0.3 is 19.8 Å². The molecule has 2 fully saturated rings. The predicted molar refractivity (Wildman–Crippen MR) is 89.1 cm³/mol. The van der Waals surface area contributed by atoms with Crippen molar-refractivity contribution >= 4 is 6.09 Å². The zero-order chi connectivity index (χ0) is 17.5. The van der Waals surface area contributed by atoms with Gasteiger partial charge in [0.15, 0.2) is 0 Å². The molecule has 1 saturated carbocycles. The Labute approximate surface area is 140 Å². The maximum Gasteiger partial charge on any atom is 0.410 e. The lowest BCUT2D eigenvalue weighted by Gasteiger charge is -2.57. The van der Waals surface area contributed by atoms with Crippen molar-refractivity contribution in [3.63, 3.8) is 0 Å². The van der Waals surface area contributed by atoms with E-state index in [2.05, 4.69) is 13.8 Å². The van der Waals surface area contributed by atoms with Gasteiger partial charge in [0.2, 0.25) is 0 Å². The van der Waals surface area contributed by atoms with Gasteiger partial charge in [-0.25, -0.2) is 4.79 Å². The third-order valence-corrected chi connectivity index (χ3v) is 5.59. The Morgan fingerprint density at radius 3 is 2.26 bits per heavy atom. The Morgan fingerprint density at radius 2 is 1.74 bits per heavy atom. The van der Waals surface area contributed by atoms with E-state index in [1.807, 2.05) is 20.8 Å². The Morgan fingerprint density at radius 1 is 1.13 bits per heavy atom. The molecule has 1 heterocycles. The zero-order valence-corrected chi connectivity index (χ0v) is 15.3. The molecule has 134 valence electrons. The predicted octanol–water partition coefficient (Wildman–Crippen LogP) is 2.94. The van der Waals surface area contributed by atoms with Gasteiger partial charge in [-0.1, -0.05) is 20.3 Å².